The number of anilines is 2. The maximum absolute atomic E-state index is 12.0. The second-order valence-corrected chi connectivity index (χ2v) is 5.00. The fourth-order valence-corrected chi connectivity index (χ4v) is 2.33. The zero-order valence-corrected chi connectivity index (χ0v) is 11.7. The van der Waals surface area contributed by atoms with Crippen molar-refractivity contribution in [2.75, 3.05) is 30.3 Å². The number of carbonyl (C=O) groups is 2. The van der Waals surface area contributed by atoms with Crippen molar-refractivity contribution < 1.29 is 9.59 Å². The monoisotopic (exact) mass is 276 g/mol. The molecule has 108 valence electrons. The first-order chi connectivity index (χ1) is 9.69. The van der Waals surface area contributed by atoms with Gasteiger partial charge >= 0.3 is 0 Å². The van der Waals surface area contributed by atoms with E-state index in [1.807, 2.05) is 0 Å². The summed E-state index contributed by atoms with van der Waals surface area (Å²) in [6, 6.07) is 1.71. The van der Waals surface area contributed by atoms with E-state index in [-0.39, 0.29) is 5.91 Å². The zero-order chi connectivity index (χ0) is 14.4. The van der Waals surface area contributed by atoms with Crippen molar-refractivity contribution in [2.45, 2.75) is 26.2 Å². The van der Waals surface area contributed by atoms with E-state index in [2.05, 4.69) is 20.5 Å². The Kier molecular flexibility index (Phi) is 5.06. The Labute approximate surface area is 118 Å². The van der Waals surface area contributed by atoms with Crippen LogP contribution in [0.4, 0.5) is 11.4 Å². The van der Waals surface area contributed by atoms with Crippen molar-refractivity contribution in [3.8, 4) is 0 Å². The van der Waals surface area contributed by atoms with Gasteiger partial charge in [-0.15, -0.1) is 0 Å². The van der Waals surface area contributed by atoms with Crippen molar-refractivity contribution in [2.24, 2.45) is 0 Å². The summed E-state index contributed by atoms with van der Waals surface area (Å²) in [5.74, 6) is -0.0467. The van der Waals surface area contributed by atoms with Crippen LogP contribution >= 0.6 is 0 Å². The fraction of sp³-hybridized carbons (Fsp3) is 0.500. The van der Waals surface area contributed by atoms with Crippen LogP contribution in [0.1, 0.15) is 25.0 Å². The van der Waals surface area contributed by atoms with E-state index in [1.54, 1.807) is 19.2 Å². The third kappa shape index (κ3) is 4.03. The summed E-state index contributed by atoms with van der Waals surface area (Å²) < 4.78 is 0. The lowest BCUT2D eigenvalue weighted by atomic mass is 10.1. The molecule has 2 N–H and O–H groups in total. The number of pyridine rings is 1. The van der Waals surface area contributed by atoms with Gasteiger partial charge in [0.25, 0.3) is 0 Å². The largest absolute Gasteiger partial charge is 0.327 e. The Morgan fingerprint density at radius 2 is 2.15 bits per heavy atom. The highest BCUT2D eigenvalue weighted by molar-refractivity contribution is 5.93. The van der Waals surface area contributed by atoms with E-state index < -0.39 is 0 Å². The van der Waals surface area contributed by atoms with Crippen LogP contribution in [-0.2, 0) is 9.59 Å². The molecule has 0 spiro atoms. The van der Waals surface area contributed by atoms with Crippen molar-refractivity contribution in [3.63, 3.8) is 0 Å². The Balaban J connectivity index is 1.93. The molecule has 0 aliphatic carbocycles. The smallest absolute Gasteiger partial charge is 0.238 e. The number of aryl methyl sites for hydroxylation is 1. The normalized spacial score (nSPS) is 15.7. The van der Waals surface area contributed by atoms with Gasteiger partial charge in [-0.1, -0.05) is 6.42 Å². The minimum Gasteiger partial charge on any atom is -0.327 e. The molecular formula is C14H20N4O2. The van der Waals surface area contributed by atoms with Gasteiger partial charge in [0.1, 0.15) is 0 Å². The molecule has 2 heterocycles. The van der Waals surface area contributed by atoms with Crippen LogP contribution in [0.5, 0.6) is 0 Å². The quantitative estimate of drug-likeness (QED) is 0.797. The number of aromatic nitrogens is 1. The number of nitrogens with one attached hydrogen (secondary N) is 2. The van der Waals surface area contributed by atoms with Gasteiger partial charge < -0.3 is 10.6 Å². The summed E-state index contributed by atoms with van der Waals surface area (Å²) in [7, 11) is 0. The van der Waals surface area contributed by atoms with Crippen molar-refractivity contribution in [1.29, 1.82) is 0 Å². The molecule has 2 rings (SSSR count). The lowest BCUT2D eigenvalue weighted by Gasteiger charge is -2.25. The molecular weight excluding hydrogens is 256 g/mol. The topological polar surface area (TPSA) is 74.3 Å². The number of amides is 2. The molecule has 0 aromatic carbocycles. The van der Waals surface area contributed by atoms with Gasteiger partial charge in [0.2, 0.25) is 12.3 Å². The van der Waals surface area contributed by atoms with E-state index in [0.29, 0.717) is 30.0 Å². The second kappa shape index (κ2) is 7.00. The van der Waals surface area contributed by atoms with Gasteiger partial charge in [-0.3, -0.25) is 19.5 Å². The first kappa shape index (κ1) is 14.5. The summed E-state index contributed by atoms with van der Waals surface area (Å²) in [6.07, 6.45) is 5.77. The number of hydrogen-bond acceptors (Lipinski definition) is 4. The number of nitrogens with zero attached hydrogens (tertiary/aromatic N) is 2. The number of carbonyl (C=O) groups excluding carboxylic acids is 2. The first-order valence-corrected chi connectivity index (χ1v) is 6.88. The lowest BCUT2D eigenvalue weighted by Crippen LogP contribution is -2.36. The lowest BCUT2D eigenvalue weighted by molar-refractivity contribution is -0.117. The van der Waals surface area contributed by atoms with E-state index in [0.717, 1.165) is 25.9 Å². The molecule has 1 saturated heterocycles. The van der Waals surface area contributed by atoms with E-state index in [9.17, 15) is 9.59 Å². The van der Waals surface area contributed by atoms with E-state index in [4.69, 9.17) is 0 Å². The van der Waals surface area contributed by atoms with Crippen molar-refractivity contribution in [3.05, 3.63) is 18.0 Å². The maximum atomic E-state index is 12.0. The van der Waals surface area contributed by atoms with Crippen LogP contribution in [0.3, 0.4) is 0 Å². The molecule has 0 unspecified atom stereocenters. The number of rotatable bonds is 5. The van der Waals surface area contributed by atoms with Gasteiger partial charge in [0.15, 0.2) is 0 Å². The summed E-state index contributed by atoms with van der Waals surface area (Å²) in [6.45, 7) is 4.17. The summed E-state index contributed by atoms with van der Waals surface area (Å²) in [5, 5.41) is 5.38. The highest BCUT2D eigenvalue weighted by atomic mass is 16.2. The highest BCUT2D eigenvalue weighted by Gasteiger charge is 2.14. The van der Waals surface area contributed by atoms with Gasteiger partial charge in [0, 0.05) is 0 Å². The summed E-state index contributed by atoms with van der Waals surface area (Å²) in [4.78, 5) is 28.8. The molecule has 1 aromatic rings. The van der Waals surface area contributed by atoms with E-state index in [1.165, 1.54) is 6.42 Å². The minimum absolute atomic E-state index is 0.0467. The van der Waals surface area contributed by atoms with Crippen LogP contribution in [-0.4, -0.2) is 41.8 Å². The van der Waals surface area contributed by atoms with Crippen molar-refractivity contribution >= 4 is 23.7 Å². The Bertz CT molecular complexity index is 484. The van der Waals surface area contributed by atoms with Gasteiger partial charge in [-0.05, 0) is 38.9 Å². The van der Waals surface area contributed by atoms with E-state index >= 15 is 0 Å². The molecule has 1 aromatic heterocycles. The predicted molar refractivity (Wildman–Crippen MR) is 77.6 cm³/mol. The molecule has 1 aliphatic rings. The Hall–Kier alpha value is -1.95. The van der Waals surface area contributed by atoms with Gasteiger partial charge in [-0.2, -0.15) is 0 Å². The van der Waals surface area contributed by atoms with Crippen LogP contribution in [0.15, 0.2) is 12.3 Å². The molecule has 1 aliphatic heterocycles. The third-order valence-corrected chi connectivity index (χ3v) is 3.40. The average Bonchev–Trinajstić information content (AvgIpc) is 2.44. The molecule has 0 bridgehead atoms. The van der Waals surface area contributed by atoms with Gasteiger partial charge in [0.05, 0.1) is 29.8 Å². The molecule has 2 amide bonds. The summed E-state index contributed by atoms with van der Waals surface area (Å²) >= 11 is 0. The number of hydrogen-bond donors (Lipinski definition) is 2. The molecule has 0 saturated carbocycles. The predicted octanol–water partition coefficient (Wildman–Crippen LogP) is 1.38. The average molecular weight is 276 g/mol. The molecule has 6 heteroatoms. The van der Waals surface area contributed by atoms with Crippen LogP contribution in [0.2, 0.25) is 0 Å². The fourth-order valence-electron chi connectivity index (χ4n) is 2.33. The SMILES string of the molecule is Cc1ncc(NC(=O)CN2CCCCC2)cc1NC=O. The van der Waals surface area contributed by atoms with Crippen LogP contribution in [0.25, 0.3) is 0 Å². The summed E-state index contributed by atoms with van der Waals surface area (Å²) in [5.41, 5.74) is 1.92. The molecule has 6 nitrogen and oxygen atoms in total. The number of likely N-dealkylation sites (tertiary alicyclic amines) is 1. The van der Waals surface area contributed by atoms with Crippen LogP contribution in [0, 0.1) is 6.92 Å². The molecule has 1 fully saturated rings. The zero-order valence-electron chi connectivity index (χ0n) is 11.7. The number of piperidine rings is 1. The molecule has 0 atom stereocenters. The maximum Gasteiger partial charge on any atom is 0.238 e. The molecule has 0 radical (unpaired) electrons. The van der Waals surface area contributed by atoms with Crippen molar-refractivity contribution in [1.82, 2.24) is 9.88 Å². The first-order valence-electron chi connectivity index (χ1n) is 6.88. The van der Waals surface area contributed by atoms with Gasteiger partial charge in [-0.25, -0.2) is 0 Å². The third-order valence-electron chi connectivity index (χ3n) is 3.40. The highest BCUT2D eigenvalue weighted by Crippen LogP contribution is 2.17. The van der Waals surface area contributed by atoms with Crippen LogP contribution < -0.4 is 10.6 Å². The second-order valence-electron chi connectivity index (χ2n) is 5.00. The Morgan fingerprint density at radius 1 is 1.40 bits per heavy atom. The standard InChI is InChI=1S/C14H20N4O2/c1-11-13(16-10-19)7-12(8-15-11)17-14(20)9-18-5-3-2-4-6-18/h7-8,10H,2-6,9H2,1H3,(H,16,19)(H,17,20). The Morgan fingerprint density at radius 3 is 2.85 bits per heavy atom. The minimum atomic E-state index is -0.0467. The molecule has 20 heavy (non-hydrogen) atoms.